The second-order valence-electron chi connectivity index (χ2n) is 6.06. The molecular weight excluding hydrogens is 206 g/mol. The van der Waals surface area contributed by atoms with Crippen LogP contribution in [0.1, 0.15) is 58.1 Å². The summed E-state index contributed by atoms with van der Waals surface area (Å²) >= 11 is 0. The first-order valence-electron chi connectivity index (χ1n) is 6.75. The van der Waals surface area contributed by atoms with E-state index in [-0.39, 0.29) is 0 Å². The molecule has 17 heavy (non-hydrogen) atoms. The molecule has 1 heteroatoms. The summed E-state index contributed by atoms with van der Waals surface area (Å²) in [6, 6.07) is 11.3. The van der Waals surface area contributed by atoms with Gasteiger partial charge in [-0.2, -0.15) is 0 Å². The molecule has 1 N–H and O–H groups in total. The van der Waals surface area contributed by atoms with Crippen LogP contribution in [0.3, 0.4) is 0 Å². The normalized spacial score (nSPS) is 13.6. The van der Waals surface area contributed by atoms with Gasteiger partial charge < -0.3 is 5.32 Å². The average Bonchev–Trinajstić information content (AvgIpc) is 2.29. The van der Waals surface area contributed by atoms with Crippen molar-refractivity contribution < 1.29 is 0 Å². The van der Waals surface area contributed by atoms with Crippen LogP contribution in [-0.4, -0.2) is 7.05 Å². The van der Waals surface area contributed by atoms with Crippen molar-refractivity contribution >= 4 is 0 Å². The Bertz CT molecular complexity index is 297. The predicted octanol–water partition coefficient (Wildman–Crippen LogP) is 4.55. The molecule has 0 aliphatic rings. The Morgan fingerprint density at radius 2 is 1.71 bits per heavy atom. The zero-order chi connectivity index (χ0) is 12.7. The summed E-state index contributed by atoms with van der Waals surface area (Å²) in [5.74, 6) is 0. The number of unbranched alkanes of at least 4 members (excludes halogenated alkanes) is 1. The van der Waals surface area contributed by atoms with E-state index in [1.165, 1.54) is 31.2 Å². The van der Waals surface area contributed by atoms with Crippen molar-refractivity contribution in [3.63, 3.8) is 0 Å². The summed E-state index contributed by atoms with van der Waals surface area (Å²) < 4.78 is 0. The zero-order valence-corrected chi connectivity index (χ0v) is 11.8. The second-order valence-corrected chi connectivity index (χ2v) is 6.06. The van der Waals surface area contributed by atoms with E-state index < -0.39 is 0 Å². The van der Waals surface area contributed by atoms with Crippen LogP contribution in [0.25, 0.3) is 0 Å². The molecule has 96 valence electrons. The summed E-state index contributed by atoms with van der Waals surface area (Å²) in [5, 5.41) is 3.42. The van der Waals surface area contributed by atoms with E-state index in [2.05, 4.69) is 63.5 Å². The van der Waals surface area contributed by atoms with Gasteiger partial charge in [-0.3, -0.25) is 0 Å². The monoisotopic (exact) mass is 233 g/mol. The molecule has 1 aromatic carbocycles. The Morgan fingerprint density at radius 1 is 1.06 bits per heavy atom. The second kappa shape index (κ2) is 6.80. The molecule has 0 aliphatic carbocycles. The van der Waals surface area contributed by atoms with E-state index >= 15 is 0 Å². The minimum Gasteiger partial charge on any atom is -0.313 e. The van der Waals surface area contributed by atoms with E-state index in [1.807, 2.05) is 0 Å². The van der Waals surface area contributed by atoms with Gasteiger partial charge in [0.1, 0.15) is 0 Å². The van der Waals surface area contributed by atoms with E-state index in [0.717, 1.165) is 0 Å². The van der Waals surface area contributed by atoms with Crippen LogP contribution in [0.4, 0.5) is 0 Å². The van der Waals surface area contributed by atoms with Gasteiger partial charge >= 0.3 is 0 Å². The van der Waals surface area contributed by atoms with Gasteiger partial charge in [-0.15, -0.1) is 0 Å². The van der Waals surface area contributed by atoms with Crippen LogP contribution < -0.4 is 5.32 Å². The van der Waals surface area contributed by atoms with Crippen LogP contribution in [0.5, 0.6) is 0 Å². The van der Waals surface area contributed by atoms with Gasteiger partial charge in [0.15, 0.2) is 0 Å². The highest BCUT2D eigenvalue weighted by atomic mass is 14.9. The molecular formula is C16H27N. The fraction of sp³-hybridized carbons (Fsp3) is 0.625. The highest BCUT2D eigenvalue weighted by Gasteiger charge is 2.11. The SMILES string of the molecule is CNC(CCCCC(C)(C)C)c1ccccc1. The largest absolute Gasteiger partial charge is 0.313 e. The highest BCUT2D eigenvalue weighted by molar-refractivity contribution is 5.18. The first-order valence-corrected chi connectivity index (χ1v) is 6.75. The molecule has 0 aromatic heterocycles. The molecule has 1 unspecified atom stereocenters. The third-order valence-electron chi connectivity index (χ3n) is 3.22. The smallest absolute Gasteiger partial charge is 0.0317 e. The summed E-state index contributed by atoms with van der Waals surface area (Å²) in [6.45, 7) is 6.96. The molecule has 0 heterocycles. The molecule has 1 nitrogen and oxygen atoms in total. The zero-order valence-electron chi connectivity index (χ0n) is 11.8. The number of nitrogens with one attached hydrogen (secondary N) is 1. The lowest BCUT2D eigenvalue weighted by Gasteiger charge is -2.20. The summed E-state index contributed by atoms with van der Waals surface area (Å²) in [7, 11) is 2.06. The predicted molar refractivity (Wildman–Crippen MR) is 76.2 cm³/mol. The number of hydrogen-bond acceptors (Lipinski definition) is 1. The fourth-order valence-electron chi connectivity index (χ4n) is 2.17. The maximum absolute atomic E-state index is 3.42. The van der Waals surface area contributed by atoms with Crippen molar-refractivity contribution in [2.75, 3.05) is 7.05 Å². The lowest BCUT2D eigenvalue weighted by atomic mass is 9.88. The Labute approximate surface area is 107 Å². The molecule has 0 radical (unpaired) electrons. The van der Waals surface area contributed by atoms with Crippen molar-refractivity contribution in [1.29, 1.82) is 0 Å². The third-order valence-corrected chi connectivity index (χ3v) is 3.22. The first kappa shape index (κ1) is 14.2. The van der Waals surface area contributed by atoms with Gasteiger partial charge in [-0.1, -0.05) is 63.9 Å². The molecule has 1 aromatic rings. The Morgan fingerprint density at radius 3 is 2.24 bits per heavy atom. The molecule has 0 saturated heterocycles. The van der Waals surface area contributed by atoms with Crippen LogP contribution >= 0.6 is 0 Å². The number of benzene rings is 1. The summed E-state index contributed by atoms with van der Waals surface area (Å²) in [5.41, 5.74) is 1.88. The lowest BCUT2D eigenvalue weighted by Crippen LogP contribution is -2.16. The molecule has 0 saturated carbocycles. The first-order chi connectivity index (χ1) is 8.03. The van der Waals surface area contributed by atoms with Crippen molar-refractivity contribution in [2.45, 2.75) is 52.5 Å². The van der Waals surface area contributed by atoms with E-state index in [9.17, 15) is 0 Å². The van der Waals surface area contributed by atoms with Crippen LogP contribution in [-0.2, 0) is 0 Å². The standard InChI is InChI=1S/C16H27N/c1-16(2,3)13-9-8-12-15(17-4)14-10-6-5-7-11-14/h5-7,10-11,15,17H,8-9,12-13H2,1-4H3. The van der Waals surface area contributed by atoms with Crippen LogP contribution in [0.15, 0.2) is 30.3 Å². The Balaban J connectivity index is 2.34. The van der Waals surface area contributed by atoms with Gasteiger partial charge in [-0.25, -0.2) is 0 Å². The quantitative estimate of drug-likeness (QED) is 0.711. The minimum absolute atomic E-state index is 0.474. The molecule has 0 fully saturated rings. The van der Waals surface area contributed by atoms with Gasteiger partial charge in [0.2, 0.25) is 0 Å². The van der Waals surface area contributed by atoms with Crippen molar-refractivity contribution in [2.24, 2.45) is 5.41 Å². The maximum Gasteiger partial charge on any atom is 0.0317 e. The molecule has 0 spiro atoms. The van der Waals surface area contributed by atoms with Gasteiger partial charge in [0, 0.05) is 6.04 Å². The number of rotatable bonds is 6. The van der Waals surface area contributed by atoms with Crippen LogP contribution in [0, 0.1) is 5.41 Å². The van der Waals surface area contributed by atoms with Crippen molar-refractivity contribution in [3.8, 4) is 0 Å². The van der Waals surface area contributed by atoms with E-state index in [1.54, 1.807) is 0 Å². The number of hydrogen-bond donors (Lipinski definition) is 1. The molecule has 1 rings (SSSR count). The Kier molecular flexibility index (Phi) is 5.70. The summed E-state index contributed by atoms with van der Waals surface area (Å²) in [4.78, 5) is 0. The lowest BCUT2D eigenvalue weighted by molar-refractivity contribution is 0.351. The van der Waals surface area contributed by atoms with E-state index in [0.29, 0.717) is 11.5 Å². The minimum atomic E-state index is 0.474. The summed E-state index contributed by atoms with van der Waals surface area (Å²) in [6.07, 6.45) is 5.18. The Hall–Kier alpha value is -0.820. The van der Waals surface area contributed by atoms with Crippen LogP contribution in [0.2, 0.25) is 0 Å². The topological polar surface area (TPSA) is 12.0 Å². The van der Waals surface area contributed by atoms with Gasteiger partial charge in [-0.05, 0) is 30.9 Å². The van der Waals surface area contributed by atoms with Crippen molar-refractivity contribution in [1.82, 2.24) is 5.32 Å². The molecule has 1 atom stereocenters. The van der Waals surface area contributed by atoms with Gasteiger partial charge in [0.05, 0.1) is 0 Å². The van der Waals surface area contributed by atoms with Crippen molar-refractivity contribution in [3.05, 3.63) is 35.9 Å². The maximum atomic E-state index is 3.42. The van der Waals surface area contributed by atoms with E-state index in [4.69, 9.17) is 0 Å². The molecule has 0 amide bonds. The average molecular weight is 233 g/mol. The fourth-order valence-corrected chi connectivity index (χ4v) is 2.17. The highest BCUT2D eigenvalue weighted by Crippen LogP contribution is 2.24. The third kappa shape index (κ3) is 5.88. The molecule has 0 aliphatic heterocycles. The molecule has 0 bridgehead atoms. The van der Waals surface area contributed by atoms with Gasteiger partial charge in [0.25, 0.3) is 0 Å².